The Hall–Kier alpha value is -2.89. The van der Waals surface area contributed by atoms with Crippen molar-refractivity contribution < 1.29 is 26.4 Å². The van der Waals surface area contributed by atoms with Crippen LogP contribution in [0.1, 0.15) is 22.3 Å². The van der Waals surface area contributed by atoms with Crippen molar-refractivity contribution in [1.29, 1.82) is 0 Å². The number of hydrogen-bond acceptors (Lipinski definition) is 5. The Labute approximate surface area is 202 Å². The second-order valence-corrected chi connectivity index (χ2v) is 10.1. The van der Waals surface area contributed by atoms with Gasteiger partial charge in [0.25, 0.3) is 15.9 Å². The number of nitrogens with one attached hydrogen (secondary N) is 1. The molecular weight excluding hydrogens is 516 g/mol. The molecule has 178 valence electrons. The molecule has 0 saturated carbocycles. The van der Waals surface area contributed by atoms with Gasteiger partial charge >= 0.3 is 6.18 Å². The van der Waals surface area contributed by atoms with E-state index in [0.717, 1.165) is 22.5 Å². The van der Waals surface area contributed by atoms with Crippen molar-refractivity contribution in [3.63, 3.8) is 0 Å². The van der Waals surface area contributed by atoms with Crippen LogP contribution in [0.3, 0.4) is 0 Å². The summed E-state index contributed by atoms with van der Waals surface area (Å²) in [5, 5.41) is 3.09. The van der Waals surface area contributed by atoms with E-state index in [1.165, 1.54) is 30.5 Å². The summed E-state index contributed by atoms with van der Waals surface area (Å²) < 4.78 is 66.8. The second kappa shape index (κ2) is 9.05. The smallest absolute Gasteiger partial charge is 0.291 e. The number of rotatable bonds is 3. The molecule has 0 spiro atoms. The minimum absolute atomic E-state index is 0.0162. The molecule has 2 aromatic rings. The number of halogens is 5. The molecule has 0 fully saturated rings. The van der Waals surface area contributed by atoms with E-state index in [1.54, 1.807) is 0 Å². The lowest BCUT2D eigenvalue weighted by molar-refractivity contribution is -0.139. The topological polar surface area (TPSA) is 91.2 Å². The Morgan fingerprint density at radius 2 is 1.76 bits per heavy atom. The van der Waals surface area contributed by atoms with Gasteiger partial charge in [0.05, 0.1) is 22.7 Å². The van der Waals surface area contributed by atoms with Gasteiger partial charge in [0.2, 0.25) is 5.96 Å². The molecule has 4 rings (SSSR count). The lowest BCUT2D eigenvalue weighted by Gasteiger charge is -2.29. The normalized spacial score (nSPS) is 16.3. The zero-order chi connectivity index (χ0) is 24.7. The Bertz CT molecular complexity index is 1350. The number of carbonyl (C=O) groups is 1. The summed E-state index contributed by atoms with van der Waals surface area (Å²) in [4.78, 5) is 20.0. The van der Waals surface area contributed by atoms with Crippen molar-refractivity contribution in [1.82, 2.24) is 9.62 Å². The van der Waals surface area contributed by atoms with Gasteiger partial charge in [-0.25, -0.2) is 18.4 Å². The molecule has 0 bridgehead atoms. The first-order valence-electron chi connectivity index (χ1n) is 9.74. The first-order valence-corrected chi connectivity index (χ1v) is 11.9. The van der Waals surface area contributed by atoms with Crippen LogP contribution in [0.4, 0.5) is 13.2 Å². The molecule has 2 aliphatic heterocycles. The zero-order valence-electron chi connectivity index (χ0n) is 17.1. The van der Waals surface area contributed by atoms with E-state index in [1.807, 2.05) is 0 Å². The number of alkyl halides is 3. The molecule has 0 saturated heterocycles. The van der Waals surface area contributed by atoms with Gasteiger partial charge in [0.1, 0.15) is 0 Å². The molecular formula is C21H15Cl2F3N4O3S. The minimum Gasteiger partial charge on any atom is -0.291 e. The summed E-state index contributed by atoms with van der Waals surface area (Å²) in [6, 6.07) is 8.34. The van der Waals surface area contributed by atoms with Gasteiger partial charge < -0.3 is 0 Å². The van der Waals surface area contributed by atoms with Crippen molar-refractivity contribution in [2.75, 3.05) is 13.1 Å². The zero-order valence-corrected chi connectivity index (χ0v) is 19.4. The van der Waals surface area contributed by atoms with Crippen molar-refractivity contribution in [2.24, 2.45) is 9.98 Å². The average Bonchev–Trinajstić information content (AvgIpc) is 2.77. The number of benzene rings is 2. The number of fused-ring (bicyclic) bond motifs is 1. The maximum atomic E-state index is 13.3. The third-order valence-electron chi connectivity index (χ3n) is 5.01. The van der Waals surface area contributed by atoms with Crippen molar-refractivity contribution in [3.05, 3.63) is 75.4 Å². The molecule has 2 heterocycles. The van der Waals surface area contributed by atoms with Gasteiger partial charge in [-0.2, -0.15) is 13.2 Å². The number of amides is 1. The molecule has 13 heteroatoms. The van der Waals surface area contributed by atoms with Gasteiger partial charge in [0, 0.05) is 40.3 Å². The molecule has 0 aromatic heterocycles. The molecule has 7 nitrogen and oxygen atoms in total. The van der Waals surface area contributed by atoms with Crippen molar-refractivity contribution in [3.8, 4) is 0 Å². The largest absolute Gasteiger partial charge is 0.417 e. The average molecular weight is 531 g/mol. The Morgan fingerprint density at radius 1 is 1.09 bits per heavy atom. The Kier molecular flexibility index (Phi) is 6.45. The van der Waals surface area contributed by atoms with E-state index in [9.17, 15) is 26.4 Å². The molecule has 2 aromatic carbocycles. The molecule has 0 radical (unpaired) electrons. The number of hydrogen-bond donors (Lipinski definition) is 1. The fourth-order valence-electron chi connectivity index (χ4n) is 3.44. The monoisotopic (exact) mass is 530 g/mol. The van der Waals surface area contributed by atoms with E-state index in [0.29, 0.717) is 11.3 Å². The Balaban J connectivity index is 1.55. The van der Waals surface area contributed by atoms with Gasteiger partial charge in [0.15, 0.2) is 0 Å². The maximum Gasteiger partial charge on any atom is 0.417 e. The second-order valence-electron chi connectivity index (χ2n) is 7.32. The molecule has 1 N–H and O–H groups in total. The molecule has 0 unspecified atom stereocenters. The fraction of sp³-hybridized carbons (Fsp3) is 0.190. The van der Waals surface area contributed by atoms with Gasteiger partial charge in [-0.05, 0) is 30.3 Å². The van der Waals surface area contributed by atoms with Crippen molar-refractivity contribution >= 4 is 50.8 Å². The van der Waals surface area contributed by atoms with Crippen LogP contribution in [0, 0.1) is 0 Å². The summed E-state index contributed by atoms with van der Waals surface area (Å²) in [6.45, 7) is -0.139. The third-order valence-corrected chi connectivity index (χ3v) is 7.26. The summed E-state index contributed by atoms with van der Waals surface area (Å²) in [7, 11) is -4.46. The fourth-order valence-corrected chi connectivity index (χ4v) is 5.53. The number of sulfonamides is 1. The van der Waals surface area contributed by atoms with Crippen LogP contribution in [-0.4, -0.2) is 43.4 Å². The molecule has 0 aliphatic carbocycles. The maximum absolute atomic E-state index is 13.3. The standard InChI is InChI=1S/C21H15Cl2F3N4O3S/c22-14-7-12(8-15(23)9-14)19(31)29-20-27-10-13-11-30(6-5-17(13)28-20)34(32,33)18-4-2-1-3-16(18)21(24,25)26/h1-4,7-9,11H,5-6,10H2,(H,27,29,31). The summed E-state index contributed by atoms with van der Waals surface area (Å²) in [6.07, 6.45) is -3.48. The Morgan fingerprint density at radius 3 is 2.44 bits per heavy atom. The highest BCUT2D eigenvalue weighted by molar-refractivity contribution is 7.89. The van der Waals surface area contributed by atoms with Crippen molar-refractivity contribution in [2.45, 2.75) is 17.5 Å². The highest BCUT2D eigenvalue weighted by Crippen LogP contribution is 2.36. The molecule has 34 heavy (non-hydrogen) atoms. The number of guanidine groups is 1. The number of carbonyl (C=O) groups excluding carboxylic acids is 1. The quantitative estimate of drug-likeness (QED) is 0.631. The highest BCUT2D eigenvalue weighted by Gasteiger charge is 2.39. The highest BCUT2D eigenvalue weighted by atomic mass is 35.5. The number of aliphatic imine (C=N–C) groups is 2. The first kappa shape index (κ1) is 24.2. The van der Waals surface area contributed by atoms with E-state index < -0.39 is 32.6 Å². The predicted octanol–water partition coefficient (Wildman–Crippen LogP) is 4.53. The van der Waals surface area contributed by atoms with Gasteiger partial charge in [-0.3, -0.25) is 14.4 Å². The third kappa shape index (κ3) is 4.96. The first-order chi connectivity index (χ1) is 15.9. The lowest BCUT2D eigenvalue weighted by Crippen LogP contribution is -2.38. The number of nitrogens with zero attached hydrogens (tertiary/aromatic N) is 3. The van der Waals surface area contributed by atoms with E-state index in [2.05, 4.69) is 15.3 Å². The van der Waals surface area contributed by atoms with Gasteiger partial charge in [-0.15, -0.1) is 0 Å². The van der Waals surface area contributed by atoms with E-state index in [4.69, 9.17) is 23.2 Å². The molecule has 2 aliphatic rings. The summed E-state index contributed by atoms with van der Waals surface area (Å²) in [5.41, 5.74) is -0.139. The van der Waals surface area contributed by atoms with Crippen LogP contribution < -0.4 is 5.32 Å². The van der Waals surface area contributed by atoms with Crippen LogP contribution in [-0.2, 0) is 16.2 Å². The van der Waals surface area contributed by atoms with E-state index in [-0.39, 0.29) is 41.1 Å². The van der Waals surface area contributed by atoms with Gasteiger partial charge in [-0.1, -0.05) is 35.3 Å². The van der Waals surface area contributed by atoms with Crippen LogP contribution in [0.15, 0.2) is 69.1 Å². The summed E-state index contributed by atoms with van der Waals surface area (Å²) in [5.74, 6) is -0.518. The molecule has 1 amide bonds. The van der Waals surface area contributed by atoms with Crippen LogP contribution in [0.25, 0.3) is 0 Å². The molecule has 0 atom stereocenters. The van der Waals surface area contributed by atoms with Crippen LogP contribution in [0.2, 0.25) is 10.0 Å². The van der Waals surface area contributed by atoms with E-state index >= 15 is 0 Å². The van der Waals surface area contributed by atoms with Crippen LogP contribution in [0.5, 0.6) is 0 Å². The minimum atomic E-state index is -4.82. The van der Waals surface area contributed by atoms with Crippen LogP contribution >= 0.6 is 23.2 Å². The SMILES string of the molecule is O=C(NC1=NCC2=CN(S(=O)(=O)c3ccccc3C(F)(F)F)CCC2=N1)c1cc(Cl)cc(Cl)c1. The predicted molar refractivity (Wildman–Crippen MR) is 122 cm³/mol. The lowest BCUT2D eigenvalue weighted by atomic mass is 10.1. The summed E-state index contributed by atoms with van der Waals surface area (Å²) >= 11 is 11.8.